The molecule has 0 fully saturated rings. The van der Waals surface area contributed by atoms with Gasteiger partial charge in [0, 0.05) is 19.0 Å². The molecule has 0 aliphatic carbocycles. The van der Waals surface area contributed by atoms with Crippen LogP contribution in [0, 0.1) is 13.8 Å². The third kappa shape index (κ3) is 5.35. The molecule has 0 heterocycles. The minimum atomic E-state index is -0.198. The van der Waals surface area contributed by atoms with Crippen LogP contribution >= 0.6 is 0 Å². The molecule has 0 aliphatic heterocycles. The fourth-order valence-electron chi connectivity index (χ4n) is 2.67. The molecule has 0 aliphatic rings. The molecule has 2 amide bonds. The Morgan fingerprint density at radius 1 is 1.04 bits per heavy atom. The van der Waals surface area contributed by atoms with Crippen molar-refractivity contribution < 1.29 is 14.3 Å². The summed E-state index contributed by atoms with van der Waals surface area (Å²) in [6, 6.07) is 11.4. The molecule has 0 unspecified atom stereocenters. The second kappa shape index (κ2) is 8.33. The lowest BCUT2D eigenvalue weighted by molar-refractivity contribution is -0.116. The Kier molecular flexibility index (Phi) is 6.17. The highest BCUT2D eigenvalue weighted by molar-refractivity contribution is 5.94. The summed E-state index contributed by atoms with van der Waals surface area (Å²) in [6.45, 7) is 5.54. The van der Waals surface area contributed by atoms with E-state index in [1.165, 1.54) is 30.7 Å². The first-order valence-corrected chi connectivity index (χ1v) is 8.20. The van der Waals surface area contributed by atoms with Crippen molar-refractivity contribution in [2.24, 2.45) is 0 Å². The number of aryl methyl sites for hydroxylation is 3. The van der Waals surface area contributed by atoms with Crippen molar-refractivity contribution in [2.45, 2.75) is 33.6 Å². The number of carbonyl (C=O) groups excluding carboxylic acids is 2. The van der Waals surface area contributed by atoms with Gasteiger partial charge < -0.3 is 15.4 Å². The highest BCUT2D eigenvalue weighted by atomic mass is 16.5. The lowest BCUT2D eigenvalue weighted by atomic mass is 10.0. The van der Waals surface area contributed by atoms with E-state index in [0.717, 1.165) is 0 Å². The van der Waals surface area contributed by atoms with Gasteiger partial charge in [-0.15, -0.1) is 0 Å². The highest BCUT2D eigenvalue weighted by Crippen LogP contribution is 2.28. The first kappa shape index (κ1) is 18.5. The molecule has 0 atom stereocenters. The van der Waals surface area contributed by atoms with Gasteiger partial charge in [-0.2, -0.15) is 0 Å². The molecule has 2 N–H and O–H groups in total. The van der Waals surface area contributed by atoms with Gasteiger partial charge in [0.25, 0.3) is 0 Å². The Balaban J connectivity index is 2.01. The summed E-state index contributed by atoms with van der Waals surface area (Å²) in [5.74, 6) is 0.277. The number of anilines is 2. The van der Waals surface area contributed by atoms with E-state index in [1.54, 1.807) is 18.2 Å². The zero-order valence-electron chi connectivity index (χ0n) is 15.1. The predicted octanol–water partition coefficient (Wildman–Crippen LogP) is 3.84. The lowest BCUT2D eigenvalue weighted by Gasteiger charge is -2.12. The summed E-state index contributed by atoms with van der Waals surface area (Å²) in [7, 11) is 1.53. The monoisotopic (exact) mass is 340 g/mol. The van der Waals surface area contributed by atoms with Crippen LogP contribution in [-0.2, 0) is 16.0 Å². The molecule has 2 rings (SSSR count). The topological polar surface area (TPSA) is 67.4 Å². The van der Waals surface area contributed by atoms with Gasteiger partial charge in [0.05, 0.1) is 12.8 Å². The van der Waals surface area contributed by atoms with Crippen molar-refractivity contribution in [3.8, 4) is 5.75 Å². The Labute approximate surface area is 148 Å². The molecule has 5 nitrogen and oxygen atoms in total. The minimum absolute atomic E-state index is 0.0704. The standard InChI is InChI=1S/C20H24N2O3/c1-13-5-6-16(14(2)11-13)7-10-20(24)22-17-8-9-19(25-4)18(12-17)21-15(3)23/h5-6,8-9,11-12H,7,10H2,1-4H3,(H,21,23)(H,22,24). The molecular formula is C20H24N2O3. The molecule has 5 heteroatoms. The smallest absolute Gasteiger partial charge is 0.224 e. The largest absolute Gasteiger partial charge is 0.495 e. The van der Waals surface area contributed by atoms with Crippen LogP contribution in [0.15, 0.2) is 36.4 Å². The molecule has 132 valence electrons. The number of hydrogen-bond donors (Lipinski definition) is 2. The predicted molar refractivity (Wildman–Crippen MR) is 100 cm³/mol. The second-order valence-electron chi connectivity index (χ2n) is 6.07. The SMILES string of the molecule is COc1ccc(NC(=O)CCc2ccc(C)cc2C)cc1NC(C)=O. The number of carbonyl (C=O) groups is 2. The summed E-state index contributed by atoms with van der Waals surface area (Å²) in [6.07, 6.45) is 1.08. The Bertz CT molecular complexity index is 785. The van der Waals surface area contributed by atoms with Crippen LogP contribution in [0.25, 0.3) is 0 Å². The van der Waals surface area contributed by atoms with Crippen LogP contribution in [-0.4, -0.2) is 18.9 Å². The van der Waals surface area contributed by atoms with E-state index < -0.39 is 0 Å². The van der Waals surface area contributed by atoms with Crippen LogP contribution in [0.1, 0.15) is 30.0 Å². The Morgan fingerprint density at radius 3 is 2.44 bits per heavy atom. The normalized spacial score (nSPS) is 10.2. The average Bonchev–Trinajstić information content (AvgIpc) is 2.54. The Morgan fingerprint density at radius 2 is 1.80 bits per heavy atom. The molecule has 0 saturated heterocycles. The maximum atomic E-state index is 12.2. The van der Waals surface area contributed by atoms with Crippen molar-refractivity contribution in [1.29, 1.82) is 0 Å². The minimum Gasteiger partial charge on any atom is -0.495 e. The fraction of sp³-hybridized carbons (Fsp3) is 0.300. The summed E-state index contributed by atoms with van der Waals surface area (Å²) in [5.41, 5.74) is 4.74. The number of benzene rings is 2. The number of amides is 2. The molecule has 0 radical (unpaired) electrons. The van der Waals surface area contributed by atoms with Gasteiger partial charge in [-0.3, -0.25) is 9.59 Å². The number of ether oxygens (including phenoxy) is 1. The van der Waals surface area contributed by atoms with Crippen molar-refractivity contribution in [3.05, 3.63) is 53.1 Å². The summed E-state index contributed by atoms with van der Waals surface area (Å²) >= 11 is 0. The zero-order chi connectivity index (χ0) is 18.4. The van der Waals surface area contributed by atoms with Gasteiger partial charge in [0.1, 0.15) is 5.75 Å². The van der Waals surface area contributed by atoms with Crippen LogP contribution in [0.2, 0.25) is 0 Å². The van der Waals surface area contributed by atoms with Crippen LogP contribution in [0.4, 0.5) is 11.4 Å². The van der Waals surface area contributed by atoms with E-state index in [4.69, 9.17) is 4.74 Å². The second-order valence-corrected chi connectivity index (χ2v) is 6.07. The summed E-state index contributed by atoms with van der Waals surface area (Å²) in [4.78, 5) is 23.5. The van der Waals surface area contributed by atoms with Gasteiger partial charge in [-0.05, 0) is 49.6 Å². The van der Waals surface area contributed by atoms with E-state index in [-0.39, 0.29) is 11.8 Å². The lowest BCUT2D eigenvalue weighted by Crippen LogP contribution is -2.13. The van der Waals surface area contributed by atoms with Crippen molar-refractivity contribution in [3.63, 3.8) is 0 Å². The maximum Gasteiger partial charge on any atom is 0.224 e. The van der Waals surface area contributed by atoms with Gasteiger partial charge in [-0.25, -0.2) is 0 Å². The van der Waals surface area contributed by atoms with Gasteiger partial charge >= 0.3 is 0 Å². The zero-order valence-corrected chi connectivity index (χ0v) is 15.1. The first-order chi connectivity index (χ1) is 11.9. The molecule has 2 aromatic rings. The molecular weight excluding hydrogens is 316 g/mol. The van der Waals surface area contributed by atoms with Gasteiger partial charge in [0.15, 0.2) is 0 Å². The van der Waals surface area contributed by atoms with Crippen LogP contribution in [0.3, 0.4) is 0 Å². The molecule has 0 bridgehead atoms. The molecule has 0 aromatic heterocycles. The molecule has 0 saturated carbocycles. The third-order valence-electron chi connectivity index (χ3n) is 3.91. The van der Waals surface area contributed by atoms with Crippen molar-refractivity contribution in [1.82, 2.24) is 0 Å². The van der Waals surface area contributed by atoms with Crippen LogP contribution in [0.5, 0.6) is 5.75 Å². The number of hydrogen-bond acceptors (Lipinski definition) is 3. The van der Waals surface area contributed by atoms with E-state index in [0.29, 0.717) is 30.0 Å². The van der Waals surface area contributed by atoms with E-state index in [1.807, 2.05) is 0 Å². The summed E-state index contributed by atoms with van der Waals surface area (Å²) < 4.78 is 5.21. The quantitative estimate of drug-likeness (QED) is 0.839. The number of methoxy groups -OCH3 is 1. The summed E-state index contributed by atoms with van der Waals surface area (Å²) in [5, 5.41) is 5.56. The third-order valence-corrected chi connectivity index (χ3v) is 3.91. The molecule has 2 aromatic carbocycles. The van der Waals surface area contributed by atoms with E-state index in [9.17, 15) is 9.59 Å². The molecule has 0 spiro atoms. The average molecular weight is 340 g/mol. The number of nitrogens with one attached hydrogen (secondary N) is 2. The van der Waals surface area contributed by atoms with Crippen molar-refractivity contribution >= 4 is 23.2 Å². The fourth-order valence-corrected chi connectivity index (χ4v) is 2.67. The highest BCUT2D eigenvalue weighted by Gasteiger charge is 2.09. The molecule has 25 heavy (non-hydrogen) atoms. The van der Waals surface area contributed by atoms with E-state index in [2.05, 4.69) is 42.7 Å². The van der Waals surface area contributed by atoms with Gasteiger partial charge in [-0.1, -0.05) is 23.8 Å². The van der Waals surface area contributed by atoms with Gasteiger partial charge in [0.2, 0.25) is 11.8 Å². The first-order valence-electron chi connectivity index (χ1n) is 8.20. The number of rotatable bonds is 6. The van der Waals surface area contributed by atoms with E-state index >= 15 is 0 Å². The van der Waals surface area contributed by atoms with Crippen LogP contribution < -0.4 is 15.4 Å². The Hall–Kier alpha value is -2.82. The maximum absolute atomic E-state index is 12.2. The van der Waals surface area contributed by atoms with Crippen molar-refractivity contribution in [2.75, 3.05) is 17.7 Å².